The van der Waals surface area contributed by atoms with Crippen LogP contribution in [0.2, 0.25) is 0 Å². The molecule has 0 aliphatic carbocycles. The summed E-state index contributed by atoms with van der Waals surface area (Å²) in [4.78, 5) is 29.7. The molecule has 0 heterocycles. The van der Waals surface area contributed by atoms with E-state index in [0.717, 1.165) is 0 Å². The van der Waals surface area contributed by atoms with Crippen molar-refractivity contribution in [1.82, 2.24) is 0 Å². The van der Waals surface area contributed by atoms with E-state index in [0.29, 0.717) is 5.75 Å². The maximum absolute atomic E-state index is 10.2. The van der Waals surface area contributed by atoms with Crippen molar-refractivity contribution in [1.29, 1.82) is 0 Å². The summed E-state index contributed by atoms with van der Waals surface area (Å²) in [6.07, 6.45) is -5.32. The molecule has 2 unspecified atom stereocenters. The lowest BCUT2D eigenvalue weighted by Crippen LogP contribution is -2.39. The first-order valence-corrected chi connectivity index (χ1v) is 5.09. The molecular formula is C11H13NO8. The van der Waals surface area contributed by atoms with Gasteiger partial charge in [0.2, 0.25) is 0 Å². The Kier molecular flexibility index (Phi) is 7.33. The number of carbonyl (C=O) groups is 3. The molecule has 9 heteroatoms. The zero-order valence-electron chi connectivity index (χ0n) is 10.0. The summed E-state index contributed by atoms with van der Waals surface area (Å²) in [6, 6.07) is 8.67. The smallest absolute Gasteiger partial charge is 0.409 e. The van der Waals surface area contributed by atoms with Crippen LogP contribution in [0, 0.1) is 0 Å². The highest BCUT2D eigenvalue weighted by Gasteiger charge is 2.29. The molecule has 1 rings (SSSR count). The SMILES string of the molecule is NC(=O)Oc1ccccc1.O=C(O)C(O)C(O)C(=O)O. The van der Waals surface area contributed by atoms with Gasteiger partial charge in [-0.2, -0.15) is 0 Å². The quantitative estimate of drug-likeness (QED) is 0.471. The fourth-order valence-electron chi connectivity index (χ4n) is 0.875. The molecule has 1 amide bonds. The molecule has 0 saturated heterocycles. The Hall–Kier alpha value is -2.65. The minimum Gasteiger partial charge on any atom is -0.479 e. The van der Waals surface area contributed by atoms with Crippen molar-refractivity contribution in [3.05, 3.63) is 30.3 Å². The zero-order valence-corrected chi connectivity index (χ0v) is 10.0. The van der Waals surface area contributed by atoms with Gasteiger partial charge >= 0.3 is 18.0 Å². The lowest BCUT2D eigenvalue weighted by molar-refractivity contribution is -0.165. The minimum absolute atomic E-state index is 0.468. The van der Waals surface area contributed by atoms with E-state index in [9.17, 15) is 14.4 Å². The number of carboxylic acids is 2. The standard InChI is InChI=1S/C7H7NO2.C4H6O6/c8-7(9)10-6-4-2-1-3-5-6;5-1(3(7)8)2(6)4(9)10/h1-5H,(H2,8,9);1-2,5-6H,(H,7,8)(H,9,10). The van der Waals surface area contributed by atoms with E-state index in [4.69, 9.17) is 26.2 Å². The summed E-state index contributed by atoms with van der Waals surface area (Å²) in [5.74, 6) is -3.07. The van der Waals surface area contributed by atoms with E-state index in [2.05, 4.69) is 4.74 Å². The number of carboxylic acid groups (broad SMARTS) is 2. The summed E-state index contributed by atoms with van der Waals surface area (Å²) in [7, 11) is 0. The third-order valence-corrected chi connectivity index (χ3v) is 1.77. The first-order valence-electron chi connectivity index (χ1n) is 5.09. The Morgan fingerprint density at radius 1 is 0.950 bits per heavy atom. The van der Waals surface area contributed by atoms with Gasteiger partial charge in [0.05, 0.1) is 0 Å². The second-order valence-electron chi connectivity index (χ2n) is 3.30. The normalized spacial score (nSPS) is 12.3. The summed E-state index contributed by atoms with van der Waals surface area (Å²) >= 11 is 0. The Bertz CT molecular complexity index is 443. The van der Waals surface area contributed by atoms with Crippen molar-refractivity contribution in [3.63, 3.8) is 0 Å². The molecule has 2 atom stereocenters. The maximum atomic E-state index is 10.2. The van der Waals surface area contributed by atoms with Crippen LogP contribution in [0.15, 0.2) is 30.3 Å². The molecule has 6 N–H and O–H groups in total. The molecule has 1 aromatic rings. The van der Waals surface area contributed by atoms with Crippen LogP contribution in [0.5, 0.6) is 5.75 Å². The van der Waals surface area contributed by atoms with E-state index < -0.39 is 30.2 Å². The third-order valence-electron chi connectivity index (χ3n) is 1.77. The summed E-state index contributed by atoms with van der Waals surface area (Å²) < 4.78 is 4.55. The molecule has 0 aliphatic rings. The fraction of sp³-hybridized carbons (Fsp3) is 0.182. The zero-order chi connectivity index (χ0) is 15.7. The summed E-state index contributed by atoms with van der Waals surface area (Å²) in [5.41, 5.74) is 4.76. The predicted octanol–water partition coefficient (Wildman–Crippen LogP) is -0.978. The highest BCUT2D eigenvalue weighted by atomic mass is 16.5. The molecular weight excluding hydrogens is 274 g/mol. The van der Waals surface area contributed by atoms with Gasteiger partial charge in [0.25, 0.3) is 0 Å². The molecule has 20 heavy (non-hydrogen) atoms. The molecule has 0 fully saturated rings. The number of aliphatic hydroxyl groups excluding tert-OH is 2. The highest BCUT2D eigenvalue weighted by molar-refractivity contribution is 5.83. The lowest BCUT2D eigenvalue weighted by Gasteiger charge is -2.07. The first kappa shape index (κ1) is 17.4. The van der Waals surface area contributed by atoms with Crippen LogP contribution in [-0.4, -0.2) is 50.7 Å². The molecule has 0 radical (unpaired) electrons. The van der Waals surface area contributed by atoms with E-state index in [-0.39, 0.29) is 0 Å². The number of rotatable bonds is 4. The number of aliphatic hydroxyl groups is 2. The van der Waals surface area contributed by atoms with Gasteiger partial charge < -0.3 is 30.9 Å². The molecule has 0 bridgehead atoms. The average molecular weight is 287 g/mol. The van der Waals surface area contributed by atoms with Gasteiger partial charge in [-0.25, -0.2) is 14.4 Å². The van der Waals surface area contributed by atoms with Crippen LogP contribution in [0.25, 0.3) is 0 Å². The van der Waals surface area contributed by atoms with E-state index in [1.54, 1.807) is 24.3 Å². The average Bonchev–Trinajstić information content (AvgIpc) is 2.38. The Balaban J connectivity index is 0.000000361. The number of carbonyl (C=O) groups excluding carboxylic acids is 1. The number of benzene rings is 1. The molecule has 0 spiro atoms. The Morgan fingerprint density at radius 2 is 1.35 bits per heavy atom. The van der Waals surface area contributed by atoms with Gasteiger partial charge in [0.1, 0.15) is 5.75 Å². The van der Waals surface area contributed by atoms with Crippen molar-refractivity contribution in [2.24, 2.45) is 5.73 Å². The number of hydrogen-bond acceptors (Lipinski definition) is 6. The lowest BCUT2D eigenvalue weighted by atomic mass is 10.2. The maximum Gasteiger partial charge on any atom is 0.409 e. The molecule has 0 aromatic heterocycles. The van der Waals surface area contributed by atoms with Gasteiger partial charge in [0, 0.05) is 0 Å². The minimum atomic E-state index is -2.27. The first-order chi connectivity index (χ1) is 9.25. The van der Waals surface area contributed by atoms with Crippen molar-refractivity contribution in [2.75, 3.05) is 0 Å². The summed E-state index contributed by atoms with van der Waals surface area (Å²) in [6.45, 7) is 0. The molecule has 9 nitrogen and oxygen atoms in total. The van der Waals surface area contributed by atoms with Crippen molar-refractivity contribution >= 4 is 18.0 Å². The number of hydrogen-bond donors (Lipinski definition) is 5. The van der Waals surface area contributed by atoms with Gasteiger partial charge in [-0.05, 0) is 12.1 Å². The number of primary amides is 1. The van der Waals surface area contributed by atoms with Crippen LogP contribution in [0.4, 0.5) is 4.79 Å². The number of ether oxygens (including phenoxy) is 1. The molecule has 0 saturated carbocycles. The van der Waals surface area contributed by atoms with Crippen LogP contribution in [0.3, 0.4) is 0 Å². The largest absolute Gasteiger partial charge is 0.479 e. The molecule has 1 aromatic carbocycles. The number of aliphatic carboxylic acids is 2. The summed E-state index contributed by atoms with van der Waals surface area (Å²) in [5, 5.41) is 32.5. The van der Waals surface area contributed by atoms with E-state index in [1.165, 1.54) is 0 Å². The topological polar surface area (TPSA) is 167 Å². The number of para-hydroxylation sites is 1. The van der Waals surface area contributed by atoms with Crippen LogP contribution >= 0.6 is 0 Å². The van der Waals surface area contributed by atoms with Gasteiger partial charge in [-0.15, -0.1) is 0 Å². The number of amides is 1. The highest BCUT2D eigenvalue weighted by Crippen LogP contribution is 2.07. The van der Waals surface area contributed by atoms with Crippen molar-refractivity contribution in [2.45, 2.75) is 12.2 Å². The van der Waals surface area contributed by atoms with Crippen LogP contribution in [0.1, 0.15) is 0 Å². The monoisotopic (exact) mass is 287 g/mol. The molecule has 110 valence electrons. The van der Waals surface area contributed by atoms with E-state index >= 15 is 0 Å². The second kappa shape index (κ2) is 8.45. The van der Waals surface area contributed by atoms with Crippen LogP contribution < -0.4 is 10.5 Å². The van der Waals surface area contributed by atoms with Crippen molar-refractivity contribution in [3.8, 4) is 5.75 Å². The van der Waals surface area contributed by atoms with E-state index in [1.807, 2.05) is 6.07 Å². The Morgan fingerprint density at radius 3 is 1.65 bits per heavy atom. The van der Waals surface area contributed by atoms with Crippen molar-refractivity contribution < 1.29 is 39.5 Å². The van der Waals surface area contributed by atoms with Gasteiger partial charge in [0.15, 0.2) is 12.2 Å². The number of nitrogens with two attached hydrogens (primary N) is 1. The molecule has 0 aliphatic heterocycles. The van der Waals surface area contributed by atoms with Gasteiger partial charge in [-0.1, -0.05) is 18.2 Å². The van der Waals surface area contributed by atoms with Gasteiger partial charge in [-0.3, -0.25) is 0 Å². The van der Waals surface area contributed by atoms with Crippen LogP contribution in [-0.2, 0) is 9.59 Å². The second-order valence-corrected chi connectivity index (χ2v) is 3.30. The fourth-order valence-corrected chi connectivity index (χ4v) is 0.875. The Labute approximate surface area is 112 Å². The predicted molar refractivity (Wildman–Crippen MR) is 63.9 cm³/mol. The third kappa shape index (κ3) is 6.93.